The molecule has 0 radical (unpaired) electrons. The van der Waals surface area contributed by atoms with Gasteiger partial charge in [-0.3, -0.25) is 4.79 Å². The lowest BCUT2D eigenvalue weighted by molar-refractivity contribution is 0.0730. The summed E-state index contributed by atoms with van der Waals surface area (Å²) in [4.78, 5) is 13.2. The van der Waals surface area contributed by atoms with Crippen molar-refractivity contribution < 1.29 is 27.4 Å². The predicted octanol–water partition coefficient (Wildman–Crippen LogP) is 2.78. The van der Waals surface area contributed by atoms with E-state index in [0.29, 0.717) is 49.8 Å². The Hall–Kier alpha value is -2.62. The number of methoxy groups -OCH3 is 2. The quantitative estimate of drug-likeness (QED) is 0.648. The van der Waals surface area contributed by atoms with Gasteiger partial charge in [-0.2, -0.15) is 4.31 Å². The van der Waals surface area contributed by atoms with Gasteiger partial charge in [0.05, 0.1) is 38.4 Å². The van der Waals surface area contributed by atoms with Gasteiger partial charge in [-0.25, -0.2) is 8.42 Å². The first-order chi connectivity index (χ1) is 15.3. The van der Waals surface area contributed by atoms with Crippen LogP contribution in [0.1, 0.15) is 41.4 Å². The number of ether oxygens (including phenoxy) is 3. The molecule has 0 spiro atoms. The number of hydrogen-bond acceptors (Lipinski definition) is 6. The molecule has 32 heavy (non-hydrogen) atoms. The summed E-state index contributed by atoms with van der Waals surface area (Å²) in [5, 5.41) is 2.93. The number of rotatable bonds is 8. The third-order valence-corrected chi connectivity index (χ3v) is 7.53. The van der Waals surface area contributed by atoms with E-state index in [2.05, 4.69) is 5.32 Å². The largest absolute Gasteiger partial charge is 0.497 e. The average molecular weight is 463 g/mol. The van der Waals surface area contributed by atoms with Crippen LogP contribution in [0.15, 0.2) is 41.3 Å². The number of sulfonamides is 1. The lowest BCUT2D eigenvalue weighted by atomic mass is 10.1. The maximum Gasteiger partial charge on any atom is 0.251 e. The zero-order valence-electron chi connectivity index (χ0n) is 18.9. The Morgan fingerprint density at radius 1 is 1.12 bits per heavy atom. The van der Waals surface area contributed by atoms with Gasteiger partial charge < -0.3 is 19.5 Å². The third-order valence-electron chi connectivity index (χ3n) is 5.55. The Kier molecular flexibility index (Phi) is 7.76. The lowest BCUT2D eigenvalue weighted by Gasteiger charge is -2.27. The Labute approximate surface area is 189 Å². The number of nitrogens with one attached hydrogen (secondary N) is 1. The van der Waals surface area contributed by atoms with Crippen LogP contribution < -0.4 is 14.8 Å². The minimum absolute atomic E-state index is 0.171. The molecule has 1 N–H and O–H groups in total. The van der Waals surface area contributed by atoms with E-state index in [1.54, 1.807) is 38.5 Å². The second kappa shape index (κ2) is 10.3. The summed E-state index contributed by atoms with van der Waals surface area (Å²) in [7, 11) is -0.594. The number of carbonyl (C=O) groups excluding carboxylic acids is 1. The van der Waals surface area contributed by atoms with Gasteiger partial charge in [0, 0.05) is 30.3 Å². The molecule has 174 valence electrons. The number of nitrogens with zero attached hydrogens (tertiary/aromatic N) is 1. The highest BCUT2D eigenvalue weighted by Gasteiger charge is 2.29. The zero-order valence-corrected chi connectivity index (χ0v) is 19.7. The normalized spacial score (nSPS) is 15.8. The maximum absolute atomic E-state index is 13.2. The number of carbonyl (C=O) groups is 1. The molecule has 8 nitrogen and oxygen atoms in total. The fraction of sp³-hybridized carbons (Fsp3) is 0.435. The van der Waals surface area contributed by atoms with Crippen molar-refractivity contribution in [2.24, 2.45) is 0 Å². The van der Waals surface area contributed by atoms with Crippen molar-refractivity contribution in [3.05, 3.63) is 53.1 Å². The van der Waals surface area contributed by atoms with E-state index in [-0.39, 0.29) is 22.4 Å². The van der Waals surface area contributed by atoms with E-state index in [1.165, 1.54) is 10.4 Å². The van der Waals surface area contributed by atoms with Gasteiger partial charge in [0.1, 0.15) is 11.5 Å². The molecule has 0 saturated carbocycles. The van der Waals surface area contributed by atoms with E-state index in [1.807, 2.05) is 19.9 Å². The summed E-state index contributed by atoms with van der Waals surface area (Å²) in [5.41, 5.74) is 1.75. The van der Waals surface area contributed by atoms with Crippen molar-refractivity contribution in [2.45, 2.75) is 31.2 Å². The summed E-state index contributed by atoms with van der Waals surface area (Å²) < 4.78 is 43.8. The highest BCUT2D eigenvalue weighted by Crippen LogP contribution is 2.30. The van der Waals surface area contributed by atoms with Gasteiger partial charge in [-0.05, 0) is 43.2 Å². The van der Waals surface area contributed by atoms with Gasteiger partial charge in [0.15, 0.2) is 0 Å². The standard InChI is InChI=1S/C23H30N2O6S/c1-5-17-6-7-18(14-22(17)32(27,28)25-10-12-31-13-11-25)23(26)24-16(2)20-9-8-19(29-3)15-21(20)30-4/h6-9,14-16H,5,10-13H2,1-4H3,(H,24,26). The molecule has 1 unspecified atom stereocenters. The molecule has 0 aliphatic carbocycles. The molecule has 2 aromatic rings. The molecule has 1 heterocycles. The van der Waals surface area contributed by atoms with Crippen LogP contribution in [0.5, 0.6) is 11.5 Å². The highest BCUT2D eigenvalue weighted by atomic mass is 32.2. The number of amides is 1. The topological polar surface area (TPSA) is 94.2 Å². The number of aryl methyl sites for hydroxylation is 1. The SMILES string of the molecule is CCc1ccc(C(=O)NC(C)c2ccc(OC)cc2OC)cc1S(=O)(=O)N1CCOCC1. The second-order valence-corrected chi connectivity index (χ2v) is 9.40. The fourth-order valence-electron chi connectivity index (χ4n) is 3.69. The van der Waals surface area contributed by atoms with Crippen molar-refractivity contribution in [1.29, 1.82) is 0 Å². The molecule has 0 bridgehead atoms. The predicted molar refractivity (Wildman–Crippen MR) is 121 cm³/mol. The molecule has 1 saturated heterocycles. The van der Waals surface area contributed by atoms with Crippen molar-refractivity contribution in [2.75, 3.05) is 40.5 Å². The van der Waals surface area contributed by atoms with Crippen molar-refractivity contribution in [1.82, 2.24) is 9.62 Å². The maximum atomic E-state index is 13.2. The molecule has 1 aliphatic rings. The summed E-state index contributed by atoms with van der Waals surface area (Å²) in [5.74, 6) is 0.878. The van der Waals surface area contributed by atoms with Crippen LogP contribution in [-0.2, 0) is 21.2 Å². The Balaban J connectivity index is 1.87. The summed E-state index contributed by atoms with van der Waals surface area (Å²) in [6, 6.07) is 9.85. The van der Waals surface area contributed by atoms with Crippen LogP contribution in [-0.4, -0.2) is 59.2 Å². The third kappa shape index (κ3) is 5.06. The summed E-state index contributed by atoms with van der Waals surface area (Å²) >= 11 is 0. The van der Waals surface area contributed by atoms with Gasteiger partial charge in [-0.15, -0.1) is 0 Å². The van der Waals surface area contributed by atoms with Gasteiger partial charge in [0.2, 0.25) is 10.0 Å². The monoisotopic (exact) mass is 462 g/mol. The van der Waals surface area contributed by atoms with Crippen molar-refractivity contribution >= 4 is 15.9 Å². The van der Waals surface area contributed by atoms with Crippen molar-refractivity contribution in [3.63, 3.8) is 0 Å². The summed E-state index contributed by atoms with van der Waals surface area (Å²) in [6.07, 6.45) is 0.542. The summed E-state index contributed by atoms with van der Waals surface area (Å²) in [6.45, 7) is 5.07. The first-order valence-corrected chi connectivity index (χ1v) is 12.0. The molecule has 2 aromatic carbocycles. The molecular formula is C23H30N2O6S. The molecule has 1 amide bonds. The van der Waals surface area contributed by atoms with Gasteiger partial charge in [0.25, 0.3) is 5.91 Å². The van der Waals surface area contributed by atoms with Gasteiger partial charge in [-0.1, -0.05) is 13.0 Å². The molecule has 0 aromatic heterocycles. The van der Waals surface area contributed by atoms with Crippen molar-refractivity contribution in [3.8, 4) is 11.5 Å². The van der Waals surface area contributed by atoms with E-state index in [4.69, 9.17) is 14.2 Å². The van der Waals surface area contributed by atoms with Crippen LogP contribution in [0.25, 0.3) is 0 Å². The number of hydrogen-bond donors (Lipinski definition) is 1. The van der Waals surface area contributed by atoms with Crippen LogP contribution in [0.4, 0.5) is 0 Å². The van der Waals surface area contributed by atoms with Gasteiger partial charge >= 0.3 is 0 Å². The first-order valence-electron chi connectivity index (χ1n) is 10.6. The van der Waals surface area contributed by atoms with E-state index < -0.39 is 10.0 Å². The molecular weight excluding hydrogens is 432 g/mol. The molecule has 3 rings (SSSR count). The lowest BCUT2D eigenvalue weighted by Crippen LogP contribution is -2.41. The molecule has 9 heteroatoms. The number of benzene rings is 2. The molecule has 1 atom stereocenters. The Morgan fingerprint density at radius 3 is 2.47 bits per heavy atom. The van der Waals surface area contributed by atoms with E-state index in [9.17, 15) is 13.2 Å². The first kappa shape index (κ1) is 24.0. The minimum Gasteiger partial charge on any atom is -0.497 e. The molecule has 1 aliphatic heterocycles. The Morgan fingerprint density at radius 2 is 1.84 bits per heavy atom. The van der Waals surface area contributed by atoms with E-state index in [0.717, 1.165) is 5.56 Å². The van der Waals surface area contributed by atoms with Crippen LogP contribution >= 0.6 is 0 Å². The van der Waals surface area contributed by atoms with E-state index >= 15 is 0 Å². The van der Waals surface area contributed by atoms with Crippen LogP contribution in [0.3, 0.4) is 0 Å². The molecule has 1 fully saturated rings. The fourth-order valence-corrected chi connectivity index (χ4v) is 5.42. The van der Waals surface area contributed by atoms with Crippen LogP contribution in [0, 0.1) is 0 Å². The zero-order chi connectivity index (χ0) is 23.3. The smallest absolute Gasteiger partial charge is 0.251 e. The minimum atomic E-state index is -3.72. The van der Waals surface area contributed by atoms with Crippen LogP contribution in [0.2, 0.25) is 0 Å². The highest BCUT2D eigenvalue weighted by molar-refractivity contribution is 7.89. The Bertz CT molecular complexity index is 1060. The average Bonchev–Trinajstić information content (AvgIpc) is 2.83. The second-order valence-electron chi connectivity index (χ2n) is 7.50. The number of morpholine rings is 1.